The van der Waals surface area contributed by atoms with Crippen molar-refractivity contribution in [2.24, 2.45) is 22.4 Å². The Kier molecular flexibility index (Phi) is 15.7. The molecule has 12 heteroatoms. The summed E-state index contributed by atoms with van der Waals surface area (Å²) in [5.74, 6) is 5.31. The van der Waals surface area contributed by atoms with Crippen LogP contribution in [0.3, 0.4) is 0 Å². The Morgan fingerprint density at radius 2 is 1.95 bits per heavy atom. The van der Waals surface area contributed by atoms with Crippen molar-refractivity contribution >= 4 is 29.6 Å². The highest BCUT2D eigenvalue weighted by molar-refractivity contribution is 6.30. The van der Waals surface area contributed by atoms with Gasteiger partial charge in [-0.2, -0.15) is 0 Å². The van der Waals surface area contributed by atoms with Gasteiger partial charge in [0.25, 0.3) is 0 Å². The molecule has 1 aliphatic carbocycles. The first-order valence-electron chi connectivity index (χ1n) is 12.4. The standard InChI is InChI=1S/C9H13N5O.C9H18N2O.C8H9ClFN/c1-6-3-7(4-8(5-15)12-6)9(10)13-14(2)11;10-7-6-9(12)11-8-4-2-1-3-5-8;1-11-5-6-2-3-8(10)7(9)4-6/h3-5H,11H2,1-2H3,(H2,10,13);8H,1-7,10H2,(H,11,12);2-4,11H,5H2,1H3. The van der Waals surface area contributed by atoms with Crippen molar-refractivity contribution in [1.29, 1.82) is 0 Å². The van der Waals surface area contributed by atoms with Crippen LogP contribution in [0.5, 0.6) is 0 Å². The van der Waals surface area contributed by atoms with E-state index in [0.29, 0.717) is 48.8 Å². The summed E-state index contributed by atoms with van der Waals surface area (Å²) >= 11 is 5.55. The Labute approximate surface area is 229 Å². The lowest BCUT2D eigenvalue weighted by molar-refractivity contribution is -0.121. The molecule has 1 aliphatic rings. The first-order valence-corrected chi connectivity index (χ1v) is 12.8. The normalized spacial score (nSPS) is 13.4. The summed E-state index contributed by atoms with van der Waals surface area (Å²) in [6.45, 7) is 2.94. The molecule has 1 amide bonds. The number of hydrogen-bond acceptors (Lipinski definition) is 8. The third-order valence-electron chi connectivity index (χ3n) is 5.36. The monoisotopic (exact) mass is 550 g/mol. The number of rotatable bonds is 8. The molecule has 0 unspecified atom stereocenters. The average molecular weight is 551 g/mol. The van der Waals surface area contributed by atoms with Gasteiger partial charge in [0.2, 0.25) is 5.91 Å². The van der Waals surface area contributed by atoms with Crippen molar-refractivity contribution in [3.05, 3.63) is 63.7 Å². The van der Waals surface area contributed by atoms with Gasteiger partial charge in [-0.1, -0.05) is 36.9 Å². The number of hydrazone groups is 1. The van der Waals surface area contributed by atoms with E-state index in [0.717, 1.165) is 23.5 Å². The number of carbonyl (C=O) groups excluding carboxylic acids is 2. The van der Waals surface area contributed by atoms with Gasteiger partial charge in [0.15, 0.2) is 12.1 Å². The predicted molar refractivity (Wildman–Crippen MR) is 150 cm³/mol. The van der Waals surface area contributed by atoms with Crippen LogP contribution in [0, 0.1) is 12.7 Å². The maximum absolute atomic E-state index is 12.6. The van der Waals surface area contributed by atoms with Gasteiger partial charge < -0.3 is 22.1 Å². The van der Waals surface area contributed by atoms with E-state index in [-0.39, 0.29) is 22.6 Å². The number of halogens is 2. The van der Waals surface area contributed by atoms with Crippen LogP contribution >= 0.6 is 11.6 Å². The van der Waals surface area contributed by atoms with E-state index in [2.05, 4.69) is 20.7 Å². The number of nitrogens with zero attached hydrogens (tertiary/aromatic N) is 3. The topological polar surface area (TPSA) is 165 Å². The maximum atomic E-state index is 12.6. The fourth-order valence-corrected chi connectivity index (χ4v) is 3.86. The zero-order chi connectivity index (χ0) is 28.5. The molecule has 210 valence electrons. The van der Waals surface area contributed by atoms with Gasteiger partial charge in [0, 0.05) is 43.9 Å². The average Bonchev–Trinajstić information content (AvgIpc) is 2.87. The first-order chi connectivity index (χ1) is 18.1. The summed E-state index contributed by atoms with van der Waals surface area (Å²) in [7, 11) is 3.39. The summed E-state index contributed by atoms with van der Waals surface area (Å²) in [5, 5.41) is 11.1. The number of amides is 1. The van der Waals surface area contributed by atoms with Gasteiger partial charge in [-0.25, -0.2) is 15.4 Å². The van der Waals surface area contributed by atoms with E-state index in [1.165, 1.54) is 25.3 Å². The molecule has 1 aromatic carbocycles. The van der Waals surface area contributed by atoms with Gasteiger partial charge in [-0.3, -0.25) is 14.6 Å². The predicted octanol–water partition coefficient (Wildman–Crippen LogP) is 2.61. The largest absolute Gasteiger partial charge is 0.382 e. The highest BCUT2D eigenvalue weighted by Gasteiger charge is 2.14. The summed E-state index contributed by atoms with van der Waals surface area (Å²) in [6, 6.07) is 8.41. The lowest BCUT2D eigenvalue weighted by Gasteiger charge is -2.22. The quantitative estimate of drug-likeness (QED) is 0.110. The van der Waals surface area contributed by atoms with Crippen LogP contribution in [0.15, 0.2) is 35.4 Å². The van der Waals surface area contributed by atoms with E-state index < -0.39 is 0 Å². The molecule has 1 saturated carbocycles. The van der Waals surface area contributed by atoms with Crippen LogP contribution in [-0.4, -0.2) is 54.8 Å². The summed E-state index contributed by atoms with van der Waals surface area (Å²) in [6.07, 6.45) is 7.27. The number of nitrogens with one attached hydrogen (secondary N) is 2. The Hall–Kier alpha value is -3.12. The van der Waals surface area contributed by atoms with Crippen molar-refractivity contribution in [3.63, 3.8) is 0 Å². The molecule has 0 aliphatic heterocycles. The number of aldehydes is 1. The Morgan fingerprint density at radius 1 is 1.26 bits per heavy atom. The molecular formula is C26H40ClFN8O2. The highest BCUT2D eigenvalue weighted by Crippen LogP contribution is 2.17. The summed E-state index contributed by atoms with van der Waals surface area (Å²) < 4.78 is 12.6. The lowest BCUT2D eigenvalue weighted by atomic mass is 9.95. The summed E-state index contributed by atoms with van der Waals surface area (Å²) in [5.41, 5.74) is 13.6. The van der Waals surface area contributed by atoms with Gasteiger partial charge in [0.05, 0.1) is 5.02 Å². The zero-order valence-corrected chi connectivity index (χ0v) is 23.1. The van der Waals surface area contributed by atoms with Gasteiger partial charge in [0.1, 0.15) is 11.5 Å². The second-order valence-electron chi connectivity index (χ2n) is 8.82. The maximum Gasteiger partial charge on any atom is 0.221 e. The molecule has 3 rings (SSSR count). The number of nitrogens with two attached hydrogens (primary N) is 3. The molecule has 10 nitrogen and oxygen atoms in total. The van der Waals surface area contributed by atoms with Crippen LogP contribution in [0.4, 0.5) is 4.39 Å². The second kappa shape index (κ2) is 18.2. The van der Waals surface area contributed by atoms with Gasteiger partial charge in [-0.15, -0.1) is 5.10 Å². The highest BCUT2D eigenvalue weighted by atomic mass is 35.5. The minimum absolute atomic E-state index is 0.115. The molecule has 8 N–H and O–H groups in total. The molecule has 2 aromatic rings. The first kappa shape index (κ1) is 32.9. The van der Waals surface area contributed by atoms with E-state index in [4.69, 9.17) is 28.9 Å². The molecule has 0 atom stereocenters. The molecule has 1 heterocycles. The van der Waals surface area contributed by atoms with Crippen LogP contribution < -0.4 is 27.9 Å². The Morgan fingerprint density at radius 3 is 2.50 bits per heavy atom. The van der Waals surface area contributed by atoms with Crippen molar-refractivity contribution in [3.8, 4) is 0 Å². The van der Waals surface area contributed by atoms with Crippen LogP contribution in [0.2, 0.25) is 5.02 Å². The SMILES string of the molecule is CNCc1ccc(F)c(Cl)c1.Cc1cc(/C(N)=N/N(C)N)cc(C=O)n1.NCCC(=O)NC1CCCCC1. The van der Waals surface area contributed by atoms with Crippen LogP contribution in [0.25, 0.3) is 0 Å². The molecule has 0 bridgehead atoms. The van der Waals surface area contributed by atoms with Crippen molar-refractivity contribution in [2.75, 3.05) is 20.6 Å². The number of aromatic nitrogens is 1. The minimum Gasteiger partial charge on any atom is -0.382 e. The zero-order valence-electron chi connectivity index (χ0n) is 22.3. The fourth-order valence-electron chi connectivity index (χ4n) is 3.66. The van der Waals surface area contributed by atoms with Gasteiger partial charge in [-0.05, 0) is 56.6 Å². The van der Waals surface area contributed by atoms with Gasteiger partial charge >= 0.3 is 0 Å². The minimum atomic E-state index is -0.369. The number of benzene rings is 1. The third kappa shape index (κ3) is 13.4. The van der Waals surface area contributed by atoms with E-state index in [9.17, 15) is 14.0 Å². The lowest BCUT2D eigenvalue weighted by Crippen LogP contribution is -2.36. The number of amidine groups is 1. The molecule has 0 spiro atoms. The fraction of sp³-hybridized carbons (Fsp3) is 0.462. The molecule has 1 aromatic heterocycles. The Balaban J connectivity index is 0.000000289. The Bertz CT molecular complexity index is 1050. The third-order valence-corrected chi connectivity index (χ3v) is 5.65. The molecule has 1 fully saturated rings. The number of hydrogen-bond donors (Lipinski definition) is 5. The smallest absolute Gasteiger partial charge is 0.221 e. The number of pyridine rings is 1. The van der Waals surface area contributed by atoms with E-state index in [1.54, 1.807) is 38.2 Å². The summed E-state index contributed by atoms with van der Waals surface area (Å²) in [4.78, 5) is 25.7. The van der Waals surface area contributed by atoms with E-state index in [1.807, 2.05) is 7.05 Å². The number of aryl methyl sites for hydroxylation is 1. The second-order valence-corrected chi connectivity index (χ2v) is 9.23. The van der Waals surface area contributed by atoms with E-state index >= 15 is 0 Å². The van der Waals surface area contributed by atoms with Crippen molar-refractivity contribution in [2.45, 2.75) is 58.0 Å². The van der Waals surface area contributed by atoms with Crippen LogP contribution in [-0.2, 0) is 11.3 Å². The molecular weight excluding hydrogens is 511 g/mol. The molecule has 0 saturated heterocycles. The number of carbonyl (C=O) groups is 2. The molecule has 0 radical (unpaired) electrons. The van der Waals surface area contributed by atoms with Crippen molar-refractivity contribution < 1.29 is 14.0 Å². The van der Waals surface area contributed by atoms with Crippen molar-refractivity contribution in [1.82, 2.24) is 20.7 Å². The van der Waals surface area contributed by atoms with Crippen LogP contribution in [0.1, 0.15) is 65.8 Å². The molecule has 38 heavy (non-hydrogen) atoms. The number of hydrazine groups is 1.